The molecule has 0 fully saturated rings. The third kappa shape index (κ3) is 4.88. The number of carbonyl (C=O) groups excluding carboxylic acids is 1. The minimum atomic E-state index is -3.13. The third-order valence-electron chi connectivity index (χ3n) is 2.73. The number of hydrogen-bond donors (Lipinski definition) is 1. The van der Waals surface area contributed by atoms with Gasteiger partial charge >= 0.3 is 5.97 Å². The highest BCUT2D eigenvalue weighted by molar-refractivity contribution is 7.91. The lowest BCUT2D eigenvalue weighted by molar-refractivity contribution is 0.0516. The average molecular weight is 302 g/mol. The van der Waals surface area contributed by atoms with Crippen LogP contribution < -0.4 is 5.73 Å². The van der Waals surface area contributed by atoms with Crippen LogP contribution in [0.3, 0.4) is 0 Å². The molecule has 7 heteroatoms. The Bertz CT molecular complexity index is 549. The molecular formula is C13H22N2O4S. The zero-order chi connectivity index (χ0) is 15.2. The molecule has 0 amide bonds. The summed E-state index contributed by atoms with van der Waals surface area (Å²) in [4.78, 5) is 11.9. The van der Waals surface area contributed by atoms with Crippen molar-refractivity contribution in [1.82, 2.24) is 4.57 Å². The summed E-state index contributed by atoms with van der Waals surface area (Å²) in [6.07, 6.45) is 3.10. The number of ether oxygens (including phenoxy) is 1. The number of anilines is 1. The van der Waals surface area contributed by atoms with Crippen LogP contribution in [-0.4, -0.2) is 37.1 Å². The molecule has 1 heterocycles. The maximum atomic E-state index is 11.9. The van der Waals surface area contributed by atoms with Gasteiger partial charge in [-0.3, -0.25) is 0 Å². The highest BCUT2D eigenvalue weighted by Gasteiger charge is 2.16. The number of aryl methyl sites for hydroxylation is 1. The Morgan fingerprint density at radius 1 is 1.30 bits per heavy atom. The van der Waals surface area contributed by atoms with Crippen LogP contribution in [0.4, 0.5) is 5.69 Å². The zero-order valence-corrected chi connectivity index (χ0v) is 12.8. The Hall–Kier alpha value is -1.50. The monoisotopic (exact) mass is 302 g/mol. The Labute approximate surface area is 119 Å². The van der Waals surface area contributed by atoms with Crippen molar-refractivity contribution in [2.45, 2.75) is 33.2 Å². The fourth-order valence-electron chi connectivity index (χ4n) is 1.88. The van der Waals surface area contributed by atoms with Gasteiger partial charge < -0.3 is 15.0 Å². The number of nitrogen functional groups attached to an aromatic ring is 1. The van der Waals surface area contributed by atoms with Gasteiger partial charge in [0, 0.05) is 12.7 Å². The van der Waals surface area contributed by atoms with Crippen LogP contribution in [0.15, 0.2) is 12.3 Å². The molecular weight excluding hydrogens is 280 g/mol. The number of carbonyl (C=O) groups is 1. The second kappa shape index (κ2) is 7.33. The van der Waals surface area contributed by atoms with E-state index in [1.165, 1.54) is 0 Å². The number of nitrogens with two attached hydrogens (primary N) is 1. The predicted octanol–water partition coefficient (Wildman–Crippen LogP) is 1.46. The van der Waals surface area contributed by atoms with E-state index in [0.29, 0.717) is 24.3 Å². The van der Waals surface area contributed by atoms with Crippen molar-refractivity contribution in [3.63, 3.8) is 0 Å². The van der Waals surface area contributed by atoms with Gasteiger partial charge in [-0.25, -0.2) is 13.2 Å². The smallest absolute Gasteiger partial charge is 0.355 e. The summed E-state index contributed by atoms with van der Waals surface area (Å²) < 4.78 is 29.7. The Balaban J connectivity index is 2.59. The minimum Gasteiger partial charge on any atom is -0.460 e. The van der Waals surface area contributed by atoms with E-state index in [4.69, 9.17) is 10.5 Å². The third-order valence-corrected chi connectivity index (χ3v) is 4.55. The molecule has 0 bridgehead atoms. The molecule has 0 radical (unpaired) electrons. The second-order valence-electron chi connectivity index (χ2n) is 4.64. The first-order valence-electron chi connectivity index (χ1n) is 6.72. The normalized spacial score (nSPS) is 11.5. The van der Waals surface area contributed by atoms with Crippen LogP contribution in [0, 0.1) is 0 Å². The summed E-state index contributed by atoms with van der Waals surface area (Å²) in [7, 11) is -3.13. The Morgan fingerprint density at radius 3 is 2.60 bits per heavy atom. The van der Waals surface area contributed by atoms with Gasteiger partial charge in [0.2, 0.25) is 0 Å². The van der Waals surface area contributed by atoms with Gasteiger partial charge in [0.15, 0.2) is 9.84 Å². The summed E-state index contributed by atoms with van der Waals surface area (Å²) in [6, 6.07) is 1.54. The van der Waals surface area contributed by atoms with Crippen molar-refractivity contribution >= 4 is 21.5 Å². The van der Waals surface area contributed by atoms with E-state index >= 15 is 0 Å². The molecule has 0 atom stereocenters. The molecule has 1 aromatic rings. The van der Waals surface area contributed by atoms with Crippen molar-refractivity contribution in [1.29, 1.82) is 0 Å². The molecule has 2 N–H and O–H groups in total. The van der Waals surface area contributed by atoms with E-state index in [2.05, 4.69) is 0 Å². The minimum absolute atomic E-state index is 0.115. The highest BCUT2D eigenvalue weighted by Crippen LogP contribution is 2.12. The SMILES string of the molecule is CCCn1cc(N)cc1C(=O)OCCS(=O)(=O)CCC. The number of hydrogen-bond acceptors (Lipinski definition) is 5. The van der Waals surface area contributed by atoms with E-state index in [0.717, 1.165) is 6.42 Å². The lowest BCUT2D eigenvalue weighted by Crippen LogP contribution is -2.19. The highest BCUT2D eigenvalue weighted by atomic mass is 32.2. The fourth-order valence-corrected chi connectivity index (χ4v) is 3.04. The molecule has 0 saturated carbocycles. The summed E-state index contributed by atoms with van der Waals surface area (Å²) in [6.45, 7) is 4.32. The molecule has 0 aliphatic heterocycles. The van der Waals surface area contributed by atoms with Crippen LogP contribution >= 0.6 is 0 Å². The largest absolute Gasteiger partial charge is 0.460 e. The number of aromatic nitrogens is 1. The van der Waals surface area contributed by atoms with Crippen LogP contribution in [0.25, 0.3) is 0 Å². The maximum absolute atomic E-state index is 11.9. The van der Waals surface area contributed by atoms with E-state index < -0.39 is 15.8 Å². The molecule has 1 rings (SSSR count). The number of rotatable bonds is 8. The molecule has 1 aromatic heterocycles. The number of esters is 1. The van der Waals surface area contributed by atoms with Gasteiger partial charge in [0.1, 0.15) is 12.3 Å². The van der Waals surface area contributed by atoms with E-state index in [-0.39, 0.29) is 18.1 Å². The summed E-state index contributed by atoms with van der Waals surface area (Å²) in [5.74, 6) is -0.567. The van der Waals surface area contributed by atoms with Crippen molar-refractivity contribution in [2.75, 3.05) is 23.8 Å². The van der Waals surface area contributed by atoms with Crippen molar-refractivity contribution in [2.24, 2.45) is 0 Å². The van der Waals surface area contributed by atoms with Crippen LogP contribution in [-0.2, 0) is 21.1 Å². The first kappa shape index (κ1) is 16.6. The van der Waals surface area contributed by atoms with Crippen LogP contribution in [0.1, 0.15) is 37.2 Å². The molecule has 20 heavy (non-hydrogen) atoms. The molecule has 6 nitrogen and oxygen atoms in total. The lowest BCUT2D eigenvalue weighted by Gasteiger charge is -2.08. The zero-order valence-electron chi connectivity index (χ0n) is 12.0. The topological polar surface area (TPSA) is 91.4 Å². The number of sulfone groups is 1. The van der Waals surface area contributed by atoms with Crippen LogP contribution in [0.2, 0.25) is 0 Å². The van der Waals surface area contributed by atoms with E-state index in [9.17, 15) is 13.2 Å². The molecule has 0 aromatic carbocycles. The van der Waals surface area contributed by atoms with Crippen molar-refractivity contribution in [3.8, 4) is 0 Å². The first-order chi connectivity index (χ1) is 9.39. The Kier molecular flexibility index (Phi) is 6.06. The molecule has 0 saturated heterocycles. The molecule has 114 valence electrons. The Morgan fingerprint density at radius 2 is 2.00 bits per heavy atom. The molecule has 0 aliphatic rings. The predicted molar refractivity (Wildman–Crippen MR) is 78.4 cm³/mol. The van der Waals surface area contributed by atoms with Crippen molar-refractivity contribution in [3.05, 3.63) is 18.0 Å². The van der Waals surface area contributed by atoms with Crippen LogP contribution in [0.5, 0.6) is 0 Å². The lowest BCUT2D eigenvalue weighted by atomic mass is 10.4. The van der Waals surface area contributed by atoms with Gasteiger partial charge in [-0.05, 0) is 18.9 Å². The van der Waals surface area contributed by atoms with E-state index in [1.54, 1.807) is 23.8 Å². The second-order valence-corrected chi connectivity index (χ2v) is 6.94. The van der Waals surface area contributed by atoms with Gasteiger partial charge in [-0.1, -0.05) is 13.8 Å². The first-order valence-corrected chi connectivity index (χ1v) is 8.55. The molecule has 0 unspecified atom stereocenters. The van der Waals surface area contributed by atoms with E-state index in [1.807, 2.05) is 6.92 Å². The molecule has 0 spiro atoms. The van der Waals surface area contributed by atoms with Gasteiger partial charge in [0.05, 0.1) is 17.2 Å². The summed E-state index contributed by atoms with van der Waals surface area (Å²) in [5, 5.41) is 0. The quantitative estimate of drug-likeness (QED) is 0.734. The summed E-state index contributed by atoms with van der Waals surface area (Å²) >= 11 is 0. The van der Waals surface area contributed by atoms with Gasteiger partial charge in [-0.15, -0.1) is 0 Å². The van der Waals surface area contributed by atoms with Gasteiger partial charge in [-0.2, -0.15) is 0 Å². The molecule has 0 aliphatic carbocycles. The number of nitrogens with zero attached hydrogens (tertiary/aromatic N) is 1. The van der Waals surface area contributed by atoms with Crippen molar-refractivity contribution < 1.29 is 17.9 Å². The average Bonchev–Trinajstić information content (AvgIpc) is 2.70. The maximum Gasteiger partial charge on any atom is 0.355 e. The fraction of sp³-hybridized carbons (Fsp3) is 0.615. The summed E-state index contributed by atoms with van der Waals surface area (Å²) in [5.41, 5.74) is 6.51. The van der Waals surface area contributed by atoms with Gasteiger partial charge in [0.25, 0.3) is 0 Å². The standard InChI is InChI=1S/C13H22N2O4S/c1-3-5-15-10-11(14)9-12(15)13(16)19-6-8-20(17,18)7-4-2/h9-10H,3-8,14H2,1-2H3.